The Morgan fingerprint density at radius 3 is 2.55 bits per heavy atom. The van der Waals surface area contributed by atoms with Gasteiger partial charge in [0, 0.05) is 0 Å². The Hall–Kier alpha value is -0.290. The summed E-state index contributed by atoms with van der Waals surface area (Å²) in [6, 6.07) is 8.39. The molecule has 0 aliphatic rings. The third kappa shape index (κ3) is 2.34. The quantitative estimate of drug-likeness (QED) is 0.493. The summed E-state index contributed by atoms with van der Waals surface area (Å²) in [5.41, 5.74) is 1.25. The van der Waals surface area contributed by atoms with Crippen LogP contribution >= 0.6 is 0 Å². The molecular weight excluding hydrogens is 251 g/mol. The summed E-state index contributed by atoms with van der Waals surface area (Å²) in [5, 5.41) is 3.17. The van der Waals surface area contributed by atoms with E-state index < -0.39 is 0 Å². The van der Waals surface area contributed by atoms with Gasteiger partial charge in [0.1, 0.15) is 0 Å². The Labute approximate surface area is 78.0 Å². The summed E-state index contributed by atoms with van der Waals surface area (Å²) in [7, 11) is 3.96. The molecule has 2 nitrogen and oxygen atoms in total. The van der Waals surface area contributed by atoms with Gasteiger partial charge in [-0.15, -0.1) is 0 Å². The first kappa shape index (κ1) is 8.80. The minimum atomic E-state index is -0.0107. The first-order valence-electron chi connectivity index (χ1n) is 3.46. The molecule has 0 aromatic heterocycles. The van der Waals surface area contributed by atoms with Crippen LogP contribution in [-0.4, -0.2) is 14.1 Å². The van der Waals surface area contributed by atoms with Crippen LogP contribution in [0, 0.1) is 3.57 Å². The fourth-order valence-electron chi connectivity index (χ4n) is 0.848. The van der Waals surface area contributed by atoms with Gasteiger partial charge >= 0.3 is 77.9 Å². The average Bonchev–Trinajstić information content (AvgIpc) is 2.06. The summed E-state index contributed by atoms with van der Waals surface area (Å²) in [6.45, 7) is 0. The maximum atomic E-state index is 3.23. The van der Waals surface area contributed by atoms with Crippen LogP contribution in [0.25, 0.3) is 0 Å². The van der Waals surface area contributed by atoms with Gasteiger partial charge in [0.25, 0.3) is 0 Å². The van der Waals surface area contributed by atoms with Gasteiger partial charge in [0.05, 0.1) is 0 Å². The molecule has 0 saturated carbocycles. The second-order valence-corrected chi connectivity index (χ2v) is 4.79. The van der Waals surface area contributed by atoms with Gasteiger partial charge in [-0.1, -0.05) is 0 Å². The molecule has 0 aliphatic carbocycles. The standard InChI is InChI=1S/C8H12IN2/c1-10-8-6-4-3-5-7(8)9-11-2/h3-6,10-11H,1-2H3/q-1. The molecule has 0 unspecified atom stereocenters. The predicted molar refractivity (Wildman–Crippen MR) is 43.7 cm³/mol. The molecule has 0 fully saturated rings. The van der Waals surface area contributed by atoms with Gasteiger partial charge in [-0.05, 0) is 0 Å². The molecule has 0 heterocycles. The van der Waals surface area contributed by atoms with Gasteiger partial charge in [0.15, 0.2) is 0 Å². The SMILES string of the molecule is CN[I-]c1ccccc1NC. The van der Waals surface area contributed by atoms with Crippen LogP contribution in [0.4, 0.5) is 5.69 Å². The van der Waals surface area contributed by atoms with Gasteiger partial charge < -0.3 is 0 Å². The fourth-order valence-corrected chi connectivity index (χ4v) is 2.56. The molecule has 3 heteroatoms. The third-order valence-electron chi connectivity index (χ3n) is 1.34. The Morgan fingerprint density at radius 2 is 1.91 bits per heavy atom. The van der Waals surface area contributed by atoms with E-state index in [0.29, 0.717) is 0 Å². The van der Waals surface area contributed by atoms with Crippen molar-refractivity contribution in [2.75, 3.05) is 19.4 Å². The van der Waals surface area contributed by atoms with E-state index in [2.05, 4.69) is 33.1 Å². The van der Waals surface area contributed by atoms with Gasteiger partial charge in [0.2, 0.25) is 0 Å². The van der Waals surface area contributed by atoms with Crippen LogP contribution in [-0.2, 0) is 0 Å². The molecule has 0 bridgehead atoms. The number of hydrogen-bond donors (Lipinski definition) is 2. The molecule has 0 radical (unpaired) electrons. The molecule has 0 aliphatic heterocycles. The number of benzene rings is 1. The summed E-state index contributed by atoms with van der Waals surface area (Å²) in [6.07, 6.45) is 0. The summed E-state index contributed by atoms with van der Waals surface area (Å²) in [5.74, 6) is 0. The van der Waals surface area contributed by atoms with Crippen molar-refractivity contribution in [3.05, 3.63) is 27.8 Å². The van der Waals surface area contributed by atoms with E-state index in [0.717, 1.165) is 0 Å². The fraction of sp³-hybridized carbons (Fsp3) is 0.250. The predicted octanol–water partition coefficient (Wildman–Crippen LogP) is -1.88. The van der Waals surface area contributed by atoms with Crippen LogP contribution in [0.1, 0.15) is 0 Å². The molecule has 1 aromatic rings. The molecule has 1 aromatic carbocycles. The normalized spacial score (nSPS) is 10.0. The summed E-state index contributed by atoms with van der Waals surface area (Å²) < 4.78 is 4.64. The maximum absolute atomic E-state index is 3.23. The zero-order valence-electron chi connectivity index (χ0n) is 6.69. The second kappa shape index (κ2) is 4.56. The van der Waals surface area contributed by atoms with Crippen molar-refractivity contribution in [2.24, 2.45) is 0 Å². The number of para-hydroxylation sites is 1. The van der Waals surface area contributed by atoms with Crippen molar-refractivity contribution in [3.8, 4) is 0 Å². The van der Waals surface area contributed by atoms with Gasteiger partial charge in [-0.25, -0.2) is 0 Å². The van der Waals surface area contributed by atoms with Crippen molar-refractivity contribution < 1.29 is 21.5 Å². The van der Waals surface area contributed by atoms with E-state index in [1.165, 1.54) is 9.26 Å². The Morgan fingerprint density at radius 1 is 1.18 bits per heavy atom. The van der Waals surface area contributed by atoms with E-state index in [1.54, 1.807) is 0 Å². The number of rotatable bonds is 3. The van der Waals surface area contributed by atoms with Crippen molar-refractivity contribution in [2.45, 2.75) is 0 Å². The monoisotopic (exact) mass is 263 g/mol. The molecular formula is C8H12IN2-. The van der Waals surface area contributed by atoms with E-state index in [4.69, 9.17) is 0 Å². The van der Waals surface area contributed by atoms with Crippen LogP contribution < -0.4 is 30.3 Å². The van der Waals surface area contributed by atoms with E-state index >= 15 is 0 Å². The van der Waals surface area contributed by atoms with Crippen LogP contribution in [0.3, 0.4) is 0 Å². The molecule has 1 rings (SSSR count). The zero-order valence-corrected chi connectivity index (χ0v) is 8.84. The number of hydrogen-bond acceptors (Lipinski definition) is 2. The molecule has 11 heavy (non-hydrogen) atoms. The number of nitrogens with one attached hydrogen (secondary N) is 2. The van der Waals surface area contributed by atoms with Crippen molar-refractivity contribution in [1.29, 1.82) is 0 Å². The molecule has 0 saturated heterocycles. The van der Waals surface area contributed by atoms with E-state index in [-0.39, 0.29) is 21.5 Å². The Balaban J connectivity index is 2.83. The molecule has 62 valence electrons. The Kier molecular flexibility index (Phi) is 3.65. The van der Waals surface area contributed by atoms with Crippen molar-refractivity contribution >= 4 is 5.69 Å². The van der Waals surface area contributed by atoms with E-state index in [1.807, 2.05) is 14.1 Å². The van der Waals surface area contributed by atoms with Crippen molar-refractivity contribution in [3.63, 3.8) is 0 Å². The average molecular weight is 263 g/mol. The molecule has 0 spiro atoms. The molecule has 0 atom stereocenters. The Bertz CT molecular complexity index is 225. The first-order chi connectivity index (χ1) is 5.38. The summed E-state index contributed by atoms with van der Waals surface area (Å²) in [4.78, 5) is 0. The third-order valence-corrected chi connectivity index (χ3v) is 3.40. The second-order valence-electron chi connectivity index (χ2n) is 2.01. The minimum absolute atomic E-state index is 0.0107. The zero-order chi connectivity index (χ0) is 8.10. The van der Waals surface area contributed by atoms with Crippen LogP contribution in [0.5, 0.6) is 0 Å². The van der Waals surface area contributed by atoms with Crippen LogP contribution in [0.15, 0.2) is 24.3 Å². The van der Waals surface area contributed by atoms with Gasteiger partial charge in [-0.2, -0.15) is 0 Å². The molecule has 2 N–H and O–H groups in total. The first-order valence-corrected chi connectivity index (χ1v) is 5.61. The summed E-state index contributed by atoms with van der Waals surface area (Å²) >= 11 is -0.0107. The number of anilines is 1. The topological polar surface area (TPSA) is 24.1 Å². The molecule has 0 amide bonds. The van der Waals surface area contributed by atoms with Crippen molar-refractivity contribution in [1.82, 2.24) is 3.53 Å². The van der Waals surface area contributed by atoms with E-state index in [9.17, 15) is 0 Å². The van der Waals surface area contributed by atoms with Gasteiger partial charge in [-0.3, -0.25) is 0 Å². The van der Waals surface area contributed by atoms with Crippen LogP contribution in [0.2, 0.25) is 0 Å². The number of halogens is 1.